The smallest absolute Gasteiger partial charge is 0.146 e. The SMILES string of the molecule is NCCc1ccc(N2CC3CCC(C2)O3)c(F)c1. The van der Waals surface area contributed by atoms with Crippen LogP contribution in [0.4, 0.5) is 10.1 Å². The summed E-state index contributed by atoms with van der Waals surface area (Å²) in [6.07, 6.45) is 3.51. The molecule has 0 aliphatic carbocycles. The van der Waals surface area contributed by atoms with E-state index in [0.29, 0.717) is 12.2 Å². The van der Waals surface area contributed by atoms with E-state index in [1.165, 1.54) is 0 Å². The maximum atomic E-state index is 14.1. The average Bonchev–Trinajstić information content (AvgIpc) is 2.69. The molecule has 2 fully saturated rings. The predicted octanol–water partition coefficient (Wildman–Crippen LogP) is 1.69. The van der Waals surface area contributed by atoms with Crippen LogP contribution in [-0.4, -0.2) is 31.8 Å². The third-order valence-electron chi connectivity index (χ3n) is 3.83. The minimum absolute atomic E-state index is 0.137. The first-order valence-corrected chi connectivity index (χ1v) is 6.65. The third-order valence-corrected chi connectivity index (χ3v) is 3.83. The second-order valence-corrected chi connectivity index (χ2v) is 5.19. The van der Waals surface area contributed by atoms with Gasteiger partial charge in [0.15, 0.2) is 0 Å². The topological polar surface area (TPSA) is 38.5 Å². The molecule has 2 heterocycles. The number of morpholine rings is 1. The molecule has 98 valence electrons. The van der Waals surface area contributed by atoms with Crippen molar-refractivity contribution in [3.8, 4) is 0 Å². The van der Waals surface area contributed by atoms with Gasteiger partial charge >= 0.3 is 0 Å². The summed E-state index contributed by atoms with van der Waals surface area (Å²) in [5, 5.41) is 0. The zero-order valence-corrected chi connectivity index (χ0v) is 10.4. The summed E-state index contributed by atoms with van der Waals surface area (Å²) in [5.74, 6) is -0.137. The lowest BCUT2D eigenvalue weighted by atomic mass is 10.1. The first-order valence-electron chi connectivity index (χ1n) is 6.65. The molecule has 2 N–H and O–H groups in total. The summed E-state index contributed by atoms with van der Waals surface area (Å²) in [5.41, 5.74) is 7.16. The van der Waals surface area contributed by atoms with Crippen LogP contribution in [0.1, 0.15) is 18.4 Å². The summed E-state index contributed by atoms with van der Waals surface area (Å²) in [4.78, 5) is 2.12. The molecule has 0 aromatic heterocycles. The number of rotatable bonds is 3. The Morgan fingerprint density at radius 3 is 2.61 bits per heavy atom. The van der Waals surface area contributed by atoms with Crippen LogP contribution in [0.3, 0.4) is 0 Å². The molecule has 2 unspecified atom stereocenters. The van der Waals surface area contributed by atoms with E-state index in [4.69, 9.17) is 10.5 Å². The van der Waals surface area contributed by atoms with E-state index in [9.17, 15) is 4.39 Å². The standard InChI is InChI=1S/C14H19FN2O/c15-13-7-10(5-6-16)1-4-14(13)17-8-11-2-3-12(9-17)18-11/h1,4,7,11-12H,2-3,5-6,8-9,16H2. The van der Waals surface area contributed by atoms with Crippen LogP contribution in [-0.2, 0) is 11.2 Å². The quantitative estimate of drug-likeness (QED) is 0.887. The summed E-state index contributed by atoms with van der Waals surface area (Å²) >= 11 is 0. The van der Waals surface area contributed by atoms with Crippen molar-refractivity contribution in [1.82, 2.24) is 0 Å². The first kappa shape index (κ1) is 11.9. The van der Waals surface area contributed by atoms with E-state index in [0.717, 1.165) is 37.9 Å². The lowest BCUT2D eigenvalue weighted by molar-refractivity contribution is 0.0303. The van der Waals surface area contributed by atoms with Gasteiger partial charge in [-0.25, -0.2) is 4.39 Å². The van der Waals surface area contributed by atoms with Gasteiger partial charge in [-0.1, -0.05) is 6.07 Å². The van der Waals surface area contributed by atoms with Crippen LogP contribution in [0.2, 0.25) is 0 Å². The monoisotopic (exact) mass is 250 g/mol. The molecule has 2 bridgehead atoms. The lowest BCUT2D eigenvalue weighted by Gasteiger charge is -2.34. The van der Waals surface area contributed by atoms with E-state index in [2.05, 4.69) is 4.90 Å². The highest BCUT2D eigenvalue weighted by molar-refractivity contribution is 5.50. The van der Waals surface area contributed by atoms with Gasteiger partial charge in [0.1, 0.15) is 5.82 Å². The molecule has 0 saturated carbocycles. The highest BCUT2D eigenvalue weighted by Crippen LogP contribution is 2.31. The van der Waals surface area contributed by atoms with Gasteiger partial charge in [0.25, 0.3) is 0 Å². The van der Waals surface area contributed by atoms with Crippen molar-refractivity contribution in [3.63, 3.8) is 0 Å². The summed E-state index contributed by atoms with van der Waals surface area (Å²) in [6.45, 7) is 2.17. The number of anilines is 1. The summed E-state index contributed by atoms with van der Waals surface area (Å²) in [6, 6.07) is 5.47. The van der Waals surface area contributed by atoms with E-state index in [-0.39, 0.29) is 18.0 Å². The highest BCUT2D eigenvalue weighted by atomic mass is 19.1. The maximum absolute atomic E-state index is 14.1. The fourth-order valence-electron chi connectivity index (χ4n) is 2.94. The fourth-order valence-corrected chi connectivity index (χ4v) is 2.94. The van der Waals surface area contributed by atoms with Crippen LogP contribution >= 0.6 is 0 Å². The Bertz CT molecular complexity index is 426. The summed E-state index contributed by atoms with van der Waals surface area (Å²) < 4.78 is 19.9. The van der Waals surface area contributed by atoms with Crippen molar-refractivity contribution in [1.29, 1.82) is 0 Å². The largest absolute Gasteiger partial charge is 0.371 e. The van der Waals surface area contributed by atoms with Crippen LogP contribution in [0.5, 0.6) is 0 Å². The molecular weight excluding hydrogens is 231 g/mol. The second kappa shape index (κ2) is 4.86. The molecule has 3 nitrogen and oxygen atoms in total. The minimum Gasteiger partial charge on any atom is -0.371 e. The van der Waals surface area contributed by atoms with Gasteiger partial charge in [-0.3, -0.25) is 0 Å². The molecule has 4 heteroatoms. The molecule has 2 saturated heterocycles. The Morgan fingerprint density at radius 1 is 1.28 bits per heavy atom. The molecule has 3 rings (SSSR count). The normalized spacial score (nSPS) is 26.7. The predicted molar refractivity (Wildman–Crippen MR) is 69.3 cm³/mol. The van der Waals surface area contributed by atoms with Crippen molar-refractivity contribution in [2.75, 3.05) is 24.5 Å². The van der Waals surface area contributed by atoms with Crippen molar-refractivity contribution < 1.29 is 9.13 Å². The molecule has 0 radical (unpaired) electrons. The Morgan fingerprint density at radius 2 is 2.00 bits per heavy atom. The van der Waals surface area contributed by atoms with Gasteiger partial charge in [-0.05, 0) is 43.5 Å². The Kier molecular flexibility index (Phi) is 3.22. The molecule has 2 aliphatic rings. The number of ether oxygens (including phenoxy) is 1. The molecule has 1 aromatic carbocycles. The van der Waals surface area contributed by atoms with Gasteiger partial charge in [0.05, 0.1) is 17.9 Å². The lowest BCUT2D eigenvalue weighted by Crippen LogP contribution is -2.43. The first-order chi connectivity index (χ1) is 8.76. The minimum atomic E-state index is -0.137. The number of nitrogens with two attached hydrogens (primary N) is 1. The van der Waals surface area contributed by atoms with Crippen LogP contribution in [0, 0.1) is 5.82 Å². The summed E-state index contributed by atoms with van der Waals surface area (Å²) in [7, 11) is 0. The van der Waals surface area contributed by atoms with E-state index >= 15 is 0 Å². The van der Waals surface area contributed by atoms with Crippen LogP contribution in [0.25, 0.3) is 0 Å². The molecule has 2 atom stereocenters. The number of hydrogen-bond donors (Lipinski definition) is 1. The molecule has 2 aliphatic heterocycles. The van der Waals surface area contributed by atoms with Gasteiger partial charge in [-0.2, -0.15) is 0 Å². The van der Waals surface area contributed by atoms with E-state index in [1.54, 1.807) is 6.07 Å². The maximum Gasteiger partial charge on any atom is 0.146 e. The zero-order chi connectivity index (χ0) is 12.5. The van der Waals surface area contributed by atoms with E-state index in [1.807, 2.05) is 12.1 Å². The number of halogens is 1. The molecule has 0 amide bonds. The third kappa shape index (κ3) is 2.22. The molecule has 18 heavy (non-hydrogen) atoms. The van der Waals surface area contributed by atoms with Gasteiger partial charge in [-0.15, -0.1) is 0 Å². The zero-order valence-electron chi connectivity index (χ0n) is 10.4. The molecule has 0 spiro atoms. The van der Waals surface area contributed by atoms with E-state index < -0.39 is 0 Å². The number of nitrogens with zero attached hydrogens (tertiary/aromatic N) is 1. The average molecular weight is 250 g/mol. The number of benzene rings is 1. The van der Waals surface area contributed by atoms with Crippen LogP contribution in [0.15, 0.2) is 18.2 Å². The van der Waals surface area contributed by atoms with Gasteiger partial charge in [0.2, 0.25) is 0 Å². The highest BCUT2D eigenvalue weighted by Gasteiger charge is 2.34. The van der Waals surface area contributed by atoms with Crippen molar-refractivity contribution in [2.24, 2.45) is 5.73 Å². The van der Waals surface area contributed by atoms with Gasteiger partial charge < -0.3 is 15.4 Å². The number of fused-ring (bicyclic) bond motifs is 2. The number of hydrogen-bond acceptors (Lipinski definition) is 3. The Labute approximate surface area is 107 Å². The molecular formula is C14H19FN2O. The van der Waals surface area contributed by atoms with Gasteiger partial charge in [0, 0.05) is 13.1 Å². The second-order valence-electron chi connectivity index (χ2n) is 5.19. The Hall–Kier alpha value is -1.13. The van der Waals surface area contributed by atoms with Crippen molar-refractivity contribution in [2.45, 2.75) is 31.5 Å². The van der Waals surface area contributed by atoms with Crippen molar-refractivity contribution in [3.05, 3.63) is 29.6 Å². The van der Waals surface area contributed by atoms with Crippen molar-refractivity contribution >= 4 is 5.69 Å². The fraction of sp³-hybridized carbons (Fsp3) is 0.571. The Balaban J connectivity index is 1.79. The molecule has 1 aromatic rings. The van der Waals surface area contributed by atoms with Crippen LogP contribution < -0.4 is 10.6 Å².